The Kier molecular flexibility index (Phi) is 6.87. The molecule has 2 nitrogen and oxygen atoms in total. The van der Waals surface area contributed by atoms with Crippen LogP contribution in [0.2, 0.25) is 0 Å². The summed E-state index contributed by atoms with van der Waals surface area (Å²) in [6, 6.07) is 0. The summed E-state index contributed by atoms with van der Waals surface area (Å²) < 4.78 is 6.07. The Morgan fingerprint density at radius 1 is 1.00 bits per heavy atom. The second-order valence-electron chi connectivity index (χ2n) is 7.33. The van der Waals surface area contributed by atoms with Crippen molar-refractivity contribution in [2.45, 2.75) is 79.9 Å². The Hall–Kier alpha value is -0.0800. The van der Waals surface area contributed by atoms with Gasteiger partial charge >= 0.3 is 0 Å². The van der Waals surface area contributed by atoms with Crippen LogP contribution in [0.25, 0.3) is 0 Å². The molecule has 0 amide bonds. The lowest BCUT2D eigenvalue weighted by atomic mass is 9.78. The Bertz CT molecular complexity index is 229. The Balaban J connectivity index is 4.19. The number of aliphatic hydroxyl groups is 1. The number of aliphatic hydroxyl groups excluding tert-OH is 1. The first-order chi connectivity index (χ1) is 7.99. The molecule has 1 N–H and O–H groups in total. The molecule has 0 bridgehead atoms. The van der Waals surface area contributed by atoms with Crippen molar-refractivity contribution in [1.82, 2.24) is 0 Å². The highest BCUT2D eigenvalue weighted by molar-refractivity contribution is 4.79. The third kappa shape index (κ3) is 6.19. The van der Waals surface area contributed by atoms with Crippen LogP contribution in [0.4, 0.5) is 0 Å². The van der Waals surface area contributed by atoms with Gasteiger partial charge in [0.15, 0.2) is 0 Å². The molecule has 18 heavy (non-hydrogen) atoms. The maximum atomic E-state index is 9.46. The second-order valence-corrected chi connectivity index (χ2v) is 7.33. The van der Waals surface area contributed by atoms with Crippen molar-refractivity contribution in [3.05, 3.63) is 0 Å². The van der Waals surface area contributed by atoms with E-state index in [9.17, 15) is 5.11 Å². The van der Waals surface area contributed by atoms with Gasteiger partial charge in [-0.05, 0) is 50.9 Å². The van der Waals surface area contributed by atoms with Gasteiger partial charge in [-0.15, -0.1) is 0 Å². The van der Waals surface area contributed by atoms with E-state index in [1.54, 1.807) is 0 Å². The van der Waals surface area contributed by atoms with Gasteiger partial charge in [-0.25, -0.2) is 0 Å². The summed E-state index contributed by atoms with van der Waals surface area (Å²) in [4.78, 5) is 0. The van der Waals surface area contributed by atoms with Crippen LogP contribution >= 0.6 is 0 Å². The molecule has 0 spiro atoms. The van der Waals surface area contributed by atoms with Crippen molar-refractivity contribution < 1.29 is 9.84 Å². The first-order valence-electron chi connectivity index (χ1n) is 7.31. The summed E-state index contributed by atoms with van der Waals surface area (Å²) in [5, 5.41) is 9.46. The fourth-order valence-electron chi connectivity index (χ4n) is 1.80. The van der Waals surface area contributed by atoms with Crippen LogP contribution < -0.4 is 0 Å². The van der Waals surface area contributed by atoms with Gasteiger partial charge in [-0.3, -0.25) is 0 Å². The highest BCUT2D eigenvalue weighted by atomic mass is 16.5. The fraction of sp³-hybridized carbons (Fsp3) is 1.00. The number of ether oxygens (including phenoxy) is 1. The van der Waals surface area contributed by atoms with Gasteiger partial charge in [0.2, 0.25) is 0 Å². The standard InChI is InChI=1S/C16H34O2/c1-12(2)15(5,6)9-10-18-16(7,8)13(3)11-14(4)17/h12-14,17H,9-11H2,1-8H3. The molecule has 2 atom stereocenters. The van der Waals surface area contributed by atoms with E-state index in [-0.39, 0.29) is 11.7 Å². The van der Waals surface area contributed by atoms with Crippen LogP contribution in [-0.4, -0.2) is 23.4 Å². The number of hydrogen-bond acceptors (Lipinski definition) is 2. The van der Waals surface area contributed by atoms with Crippen LogP contribution in [-0.2, 0) is 4.74 Å². The molecular weight excluding hydrogens is 224 g/mol. The van der Waals surface area contributed by atoms with E-state index in [0.717, 1.165) is 19.4 Å². The molecule has 0 aliphatic rings. The van der Waals surface area contributed by atoms with Crippen molar-refractivity contribution in [3.8, 4) is 0 Å². The summed E-state index contributed by atoms with van der Waals surface area (Å²) in [7, 11) is 0. The lowest BCUT2D eigenvalue weighted by molar-refractivity contribution is -0.0754. The van der Waals surface area contributed by atoms with Crippen molar-refractivity contribution in [3.63, 3.8) is 0 Å². The number of hydrogen-bond donors (Lipinski definition) is 1. The van der Waals surface area contributed by atoms with Crippen LogP contribution in [0.3, 0.4) is 0 Å². The van der Waals surface area contributed by atoms with E-state index in [1.165, 1.54) is 0 Å². The minimum atomic E-state index is -0.255. The minimum Gasteiger partial charge on any atom is -0.393 e. The zero-order valence-electron chi connectivity index (χ0n) is 13.7. The van der Waals surface area contributed by atoms with Gasteiger partial charge in [-0.2, -0.15) is 0 Å². The van der Waals surface area contributed by atoms with Crippen LogP contribution in [0.1, 0.15) is 68.2 Å². The molecule has 0 fully saturated rings. The van der Waals surface area contributed by atoms with Gasteiger partial charge in [-0.1, -0.05) is 34.6 Å². The molecule has 0 heterocycles. The molecule has 0 aromatic rings. The maximum Gasteiger partial charge on any atom is 0.0652 e. The van der Waals surface area contributed by atoms with E-state index < -0.39 is 0 Å². The lowest BCUT2D eigenvalue weighted by Gasteiger charge is -2.35. The van der Waals surface area contributed by atoms with Gasteiger partial charge in [0.05, 0.1) is 11.7 Å². The predicted molar refractivity (Wildman–Crippen MR) is 78.7 cm³/mol. The largest absolute Gasteiger partial charge is 0.393 e. The van der Waals surface area contributed by atoms with Crippen LogP contribution in [0.15, 0.2) is 0 Å². The van der Waals surface area contributed by atoms with Crippen molar-refractivity contribution in [2.24, 2.45) is 17.3 Å². The molecule has 0 aliphatic heterocycles. The Morgan fingerprint density at radius 3 is 1.89 bits per heavy atom. The highest BCUT2D eigenvalue weighted by Gasteiger charge is 2.29. The summed E-state index contributed by atoms with van der Waals surface area (Å²) in [6.07, 6.45) is 1.62. The van der Waals surface area contributed by atoms with E-state index >= 15 is 0 Å². The normalized spacial score (nSPS) is 17.0. The average molecular weight is 258 g/mol. The minimum absolute atomic E-state index is 0.163. The van der Waals surface area contributed by atoms with E-state index in [4.69, 9.17) is 4.74 Å². The molecule has 2 heteroatoms. The van der Waals surface area contributed by atoms with Crippen LogP contribution in [0.5, 0.6) is 0 Å². The first-order valence-corrected chi connectivity index (χ1v) is 7.31. The molecule has 0 aliphatic carbocycles. The van der Waals surface area contributed by atoms with Crippen molar-refractivity contribution in [1.29, 1.82) is 0 Å². The average Bonchev–Trinajstić information content (AvgIpc) is 2.15. The molecule has 0 aromatic carbocycles. The van der Waals surface area contributed by atoms with Gasteiger partial charge in [0.1, 0.15) is 0 Å². The summed E-state index contributed by atoms with van der Waals surface area (Å²) >= 11 is 0. The molecule has 110 valence electrons. The SMILES string of the molecule is CC(O)CC(C)C(C)(C)OCCC(C)(C)C(C)C. The van der Waals surface area contributed by atoms with E-state index in [1.807, 2.05) is 6.92 Å². The third-order valence-corrected chi connectivity index (χ3v) is 4.66. The van der Waals surface area contributed by atoms with Gasteiger partial charge < -0.3 is 9.84 Å². The smallest absolute Gasteiger partial charge is 0.0652 e. The summed E-state index contributed by atoms with van der Waals surface area (Å²) in [5.41, 5.74) is 0.160. The topological polar surface area (TPSA) is 29.5 Å². The monoisotopic (exact) mass is 258 g/mol. The van der Waals surface area contributed by atoms with Crippen molar-refractivity contribution in [2.75, 3.05) is 6.61 Å². The summed E-state index contributed by atoms with van der Waals surface area (Å²) in [6.45, 7) is 18.2. The fourth-order valence-corrected chi connectivity index (χ4v) is 1.80. The van der Waals surface area contributed by atoms with E-state index in [2.05, 4.69) is 48.5 Å². The molecule has 0 saturated carbocycles. The first kappa shape index (κ1) is 17.9. The van der Waals surface area contributed by atoms with Crippen LogP contribution in [0, 0.1) is 17.3 Å². The van der Waals surface area contributed by atoms with Gasteiger partial charge in [0.25, 0.3) is 0 Å². The summed E-state index contributed by atoms with van der Waals surface area (Å²) in [5.74, 6) is 1.03. The highest BCUT2D eigenvalue weighted by Crippen LogP contribution is 2.32. The predicted octanol–water partition coefficient (Wildman–Crippen LogP) is 4.26. The Labute approximate surface area is 114 Å². The third-order valence-electron chi connectivity index (χ3n) is 4.66. The molecule has 0 rings (SSSR count). The number of rotatable bonds is 8. The molecule has 0 aromatic heterocycles. The molecule has 0 saturated heterocycles. The quantitative estimate of drug-likeness (QED) is 0.705. The zero-order chi connectivity index (χ0) is 14.6. The van der Waals surface area contributed by atoms with E-state index in [0.29, 0.717) is 17.3 Å². The Morgan fingerprint density at radius 2 is 1.50 bits per heavy atom. The lowest BCUT2D eigenvalue weighted by Crippen LogP contribution is -2.36. The molecule has 0 radical (unpaired) electrons. The molecular formula is C16H34O2. The second kappa shape index (κ2) is 6.91. The maximum absolute atomic E-state index is 9.46. The van der Waals surface area contributed by atoms with Crippen molar-refractivity contribution >= 4 is 0 Å². The van der Waals surface area contributed by atoms with Gasteiger partial charge in [0, 0.05) is 6.61 Å². The zero-order valence-corrected chi connectivity index (χ0v) is 13.7. The molecule has 2 unspecified atom stereocenters.